The van der Waals surface area contributed by atoms with E-state index in [4.69, 9.17) is 4.74 Å². The number of rotatable bonds is 4. The Kier molecular flexibility index (Phi) is 5.17. The van der Waals surface area contributed by atoms with Crippen LogP contribution in [0.2, 0.25) is 0 Å². The maximum absolute atomic E-state index is 13.0. The number of phenols is 1. The van der Waals surface area contributed by atoms with Gasteiger partial charge in [-0.2, -0.15) is 0 Å². The van der Waals surface area contributed by atoms with Gasteiger partial charge in [-0.1, -0.05) is 60.7 Å². The number of benzene rings is 3. The van der Waals surface area contributed by atoms with Gasteiger partial charge in [0.25, 0.3) is 0 Å². The Balaban J connectivity index is 1.80. The van der Waals surface area contributed by atoms with Crippen molar-refractivity contribution in [3.63, 3.8) is 0 Å². The third kappa shape index (κ3) is 3.66. The topological polar surface area (TPSA) is 63.6 Å². The summed E-state index contributed by atoms with van der Waals surface area (Å²) in [5.74, 6) is -1.90. The maximum Gasteiger partial charge on any atom is 0.317 e. The van der Waals surface area contributed by atoms with Gasteiger partial charge in [-0.05, 0) is 47.4 Å². The summed E-state index contributed by atoms with van der Waals surface area (Å²) in [6, 6.07) is 21.0. The monoisotopic (exact) mass is 386 g/mol. The molecule has 1 aliphatic rings. The molecule has 2 unspecified atom stereocenters. The van der Waals surface area contributed by atoms with Crippen LogP contribution in [0.5, 0.6) is 5.75 Å². The van der Waals surface area contributed by atoms with E-state index in [-0.39, 0.29) is 24.1 Å². The van der Waals surface area contributed by atoms with Crippen LogP contribution in [0.4, 0.5) is 0 Å². The van der Waals surface area contributed by atoms with Crippen molar-refractivity contribution in [2.24, 2.45) is 5.92 Å². The predicted molar refractivity (Wildman–Crippen MR) is 113 cm³/mol. The summed E-state index contributed by atoms with van der Waals surface area (Å²) in [5, 5.41) is 12.4. The average molecular weight is 386 g/mol. The predicted octanol–water partition coefficient (Wildman–Crippen LogP) is 4.86. The standard InChI is InChI=1S/C25H22O4/c1-2-29-25(28)24-21(18-12-11-16-7-3-4-8-17(16)13-18)14-19(15-23(24)27)20-9-5-6-10-22(20)26/h3-13,15,21,24,26H,2,14H2,1H3. The Morgan fingerprint density at radius 2 is 1.76 bits per heavy atom. The lowest BCUT2D eigenvalue weighted by Gasteiger charge is -2.30. The van der Waals surface area contributed by atoms with Gasteiger partial charge in [0.2, 0.25) is 0 Å². The average Bonchev–Trinajstić information content (AvgIpc) is 2.73. The molecule has 0 saturated heterocycles. The van der Waals surface area contributed by atoms with Crippen molar-refractivity contribution < 1.29 is 19.4 Å². The maximum atomic E-state index is 13.0. The molecule has 0 radical (unpaired) electrons. The highest BCUT2D eigenvalue weighted by Gasteiger charge is 2.40. The Labute approximate surface area is 169 Å². The molecule has 4 heteroatoms. The van der Waals surface area contributed by atoms with Crippen LogP contribution in [0, 0.1) is 5.92 Å². The number of esters is 1. The summed E-state index contributed by atoms with van der Waals surface area (Å²) in [7, 11) is 0. The third-order valence-corrected chi connectivity index (χ3v) is 5.46. The van der Waals surface area contributed by atoms with Crippen LogP contribution < -0.4 is 0 Å². The van der Waals surface area contributed by atoms with Crippen molar-refractivity contribution >= 4 is 28.1 Å². The lowest BCUT2D eigenvalue weighted by molar-refractivity contribution is -0.151. The van der Waals surface area contributed by atoms with Gasteiger partial charge in [0, 0.05) is 11.5 Å². The molecule has 0 aliphatic heterocycles. The van der Waals surface area contributed by atoms with Crippen molar-refractivity contribution in [3.05, 3.63) is 83.9 Å². The second-order valence-corrected chi connectivity index (χ2v) is 7.24. The molecule has 2 atom stereocenters. The molecule has 0 spiro atoms. The van der Waals surface area contributed by atoms with Crippen LogP contribution in [-0.2, 0) is 14.3 Å². The number of aromatic hydroxyl groups is 1. The highest BCUT2D eigenvalue weighted by Crippen LogP contribution is 2.42. The second kappa shape index (κ2) is 7.92. The van der Waals surface area contributed by atoms with E-state index in [1.54, 1.807) is 25.1 Å². The van der Waals surface area contributed by atoms with E-state index in [2.05, 4.69) is 0 Å². The zero-order valence-electron chi connectivity index (χ0n) is 16.2. The Bertz CT molecular complexity index is 1110. The van der Waals surface area contributed by atoms with E-state index >= 15 is 0 Å². The number of hydrogen-bond donors (Lipinski definition) is 1. The van der Waals surface area contributed by atoms with Crippen molar-refractivity contribution in [2.75, 3.05) is 6.61 Å². The molecule has 3 aromatic rings. The highest BCUT2D eigenvalue weighted by molar-refractivity contribution is 6.11. The fourth-order valence-corrected chi connectivity index (χ4v) is 4.07. The van der Waals surface area contributed by atoms with Crippen molar-refractivity contribution in [1.82, 2.24) is 0 Å². The Morgan fingerprint density at radius 1 is 1.03 bits per heavy atom. The number of para-hydroxylation sites is 1. The second-order valence-electron chi connectivity index (χ2n) is 7.24. The van der Waals surface area contributed by atoms with E-state index in [1.165, 1.54) is 6.08 Å². The molecule has 4 rings (SSSR count). The zero-order valence-corrected chi connectivity index (χ0v) is 16.2. The van der Waals surface area contributed by atoms with Crippen LogP contribution in [-0.4, -0.2) is 23.5 Å². The van der Waals surface area contributed by atoms with Crippen LogP contribution in [0.1, 0.15) is 30.4 Å². The lowest BCUT2D eigenvalue weighted by Crippen LogP contribution is -2.34. The summed E-state index contributed by atoms with van der Waals surface area (Å²) < 4.78 is 5.22. The quantitative estimate of drug-likeness (QED) is 0.513. The number of ether oxygens (including phenoxy) is 1. The molecule has 1 aliphatic carbocycles. The Morgan fingerprint density at radius 3 is 2.52 bits per heavy atom. The lowest BCUT2D eigenvalue weighted by atomic mass is 9.73. The highest BCUT2D eigenvalue weighted by atomic mass is 16.5. The Hall–Kier alpha value is -3.40. The summed E-state index contributed by atoms with van der Waals surface area (Å²) in [4.78, 5) is 25.6. The van der Waals surface area contributed by atoms with Gasteiger partial charge >= 0.3 is 5.97 Å². The molecular weight excluding hydrogens is 364 g/mol. The molecule has 0 aromatic heterocycles. The molecular formula is C25H22O4. The van der Waals surface area contributed by atoms with Gasteiger partial charge in [-0.25, -0.2) is 0 Å². The molecule has 146 valence electrons. The number of hydrogen-bond acceptors (Lipinski definition) is 4. The van der Waals surface area contributed by atoms with Crippen molar-refractivity contribution in [3.8, 4) is 5.75 Å². The molecule has 29 heavy (non-hydrogen) atoms. The molecule has 0 saturated carbocycles. The minimum Gasteiger partial charge on any atom is -0.507 e. The molecule has 0 fully saturated rings. The van der Waals surface area contributed by atoms with Gasteiger partial charge in [0.1, 0.15) is 11.7 Å². The fraction of sp³-hybridized carbons (Fsp3) is 0.200. The summed E-state index contributed by atoms with van der Waals surface area (Å²) in [5.41, 5.74) is 2.26. The number of carbonyl (C=O) groups is 2. The van der Waals surface area contributed by atoms with E-state index in [9.17, 15) is 14.7 Å². The van der Waals surface area contributed by atoms with Crippen molar-refractivity contribution in [1.29, 1.82) is 0 Å². The van der Waals surface area contributed by atoms with Crippen molar-refractivity contribution in [2.45, 2.75) is 19.3 Å². The molecule has 0 heterocycles. The largest absolute Gasteiger partial charge is 0.507 e. The minimum atomic E-state index is -0.884. The first kappa shape index (κ1) is 18.9. The van der Waals surface area contributed by atoms with Crippen LogP contribution in [0.15, 0.2) is 72.8 Å². The molecule has 4 nitrogen and oxygen atoms in total. The van der Waals surface area contributed by atoms with Crippen LogP contribution in [0.25, 0.3) is 16.3 Å². The van der Waals surface area contributed by atoms with Gasteiger partial charge in [-0.15, -0.1) is 0 Å². The first-order valence-corrected chi connectivity index (χ1v) is 9.76. The SMILES string of the molecule is CCOC(=O)C1C(=O)C=C(c2ccccc2O)CC1c1ccc2ccccc2c1. The number of ketones is 1. The molecule has 0 bridgehead atoms. The number of fused-ring (bicyclic) bond motifs is 1. The summed E-state index contributed by atoms with van der Waals surface area (Å²) >= 11 is 0. The van der Waals surface area contributed by atoms with E-state index in [0.717, 1.165) is 21.9 Å². The zero-order chi connectivity index (χ0) is 20.4. The third-order valence-electron chi connectivity index (χ3n) is 5.46. The smallest absolute Gasteiger partial charge is 0.317 e. The normalized spacial score (nSPS) is 19.1. The molecule has 0 amide bonds. The first-order valence-electron chi connectivity index (χ1n) is 9.76. The molecule has 3 aromatic carbocycles. The van der Waals surface area contributed by atoms with E-state index < -0.39 is 11.9 Å². The van der Waals surface area contributed by atoms with Gasteiger partial charge < -0.3 is 9.84 Å². The van der Waals surface area contributed by atoms with E-state index in [1.807, 2.05) is 48.5 Å². The van der Waals surface area contributed by atoms with Gasteiger partial charge in [0.15, 0.2) is 5.78 Å². The summed E-state index contributed by atoms with van der Waals surface area (Å²) in [6.07, 6.45) is 1.94. The number of phenolic OH excluding ortho intramolecular Hbond substituents is 1. The minimum absolute atomic E-state index is 0.124. The van der Waals surface area contributed by atoms with Gasteiger partial charge in [0.05, 0.1) is 6.61 Å². The number of allylic oxidation sites excluding steroid dienone is 2. The number of carbonyl (C=O) groups excluding carboxylic acids is 2. The summed E-state index contributed by atoms with van der Waals surface area (Å²) in [6.45, 7) is 1.96. The van der Waals surface area contributed by atoms with Crippen LogP contribution in [0.3, 0.4) is 0 Å². The molecule has 1 N–H and O–H groups in total. The van der Waals surface area contributed by atoms with Gasteiger partial charge in [-0.3, -0.25) is 9.59 Å². The van der Waals surface area contributed by atoms with E-state index in [0.29, 0.717) is 12.0 Å². The van der Waals surface area contributed by atoms with Crippen LogP contribution >= 0.6 is 0 Å². The fourth-order valence-electron chi connectivity index (χ4n) is 4.07. The first-order chi connectivity index (χ1) is 14.1.